The SMILES string of the molecule is CC1=NN(c2cccc(Cl)c2)C(=O)/C1=N/O. The van der Waals surface area contributed by atoms with Gasteiger partial charge in [0.15, 0.2) is 5.71 Å². The standard InChI is InChI=1S/C10H8ClN3O2/c1-6-9(13-16)10(15)14(12-6)8-4-2-3-7(11)5-8/h2-5,16H,1H3/b13-9+. The van der Waals surface area contributed by atoms with Crippen molar-refractivity contribution in [2.75, 3.05) is 5.01 Å². The van der Waals surface area contributed by atoms with Crippen molar-refractivity contribution in [1.82, 2.24) is 0 Å². The fourth-order valence-corrected chi connectivity index (χ4v) is 1.58. The highest BCUT2D eigenvalue weighted by molar-refractivity contribution is 6.71. The van der Waals surface area contributed by atoms with E-state index in [1.807, 2.05) is 0 Å². The number of halogens is 1. The second kappa shape index (κ2) is 3.94. The Balaban J connectivity index is 2.42. The zero-order valence-corrected chi connectivity index (χ0v) is 9.14. The van der Waals surface area contributed by atoms with E-state index in [1.54, 1.807) is 31.2 Å². The monoisotopic (exact) mass is 237 g/mol. The third kappa shape index (κ3) is 1.65. The first-order valence-corrected chi connectivity index (χ1v) is 4.89. The predicted molar refractivity (Wildman–Crippen MR) is 61.3 cm³/mol. The number of amides is 1. The summed E-state index contributed by atoms with van der Waals surface area (Å²) in [7, 11) is 0. The van der Waals surface area contributed by atoms with Gasteiger partial charge in [0.2, 0.25) is 0 Å². The van der Waals surface area contributed by atoms with Gasteiger partial charge in [-0.05, 0) is 25.1 Å². The van der Waals surface area contributed by atoms with Gasteiger partial charge in [-0.2, -0.15) is 10.1 Å². The van der Waals surface area contributed by atoms with E-state index in [1.165, 1.54) is 0 Å². The molecule has 2 rings (SSSR count). The van der Waals surface area contributed by atoms with Crippen LogP contribution in [0.4, 0.5) is 5.69 Å². The molecule has 1 amide bonds. The molecule has 6 heteroatoms. The summed E-state index contributed by atoms with van der Waals surface area (Å²) < 4.78 is 0. The zero-order chi connectivity index (χ0) is 11.7. The Morgan fingerprint density at radius 1 is 1.50 bits per heavy atom. The molecule has 0 spiro atoms. The molecule has 1 aliphatic heterocycles. The Kier molecular flexibility index (Phi) is 2.62. The number of oxime groups is 1. The minimum Gasteiger partial charge on any atom is -0.410 e. The van der Waals surface area contributed by atoms with Gasteiger partial charge in [0.25, 0.3) is 0 Å². The van der Waals surface area contributed by atoms with Crippen LogP contribution in [-0.2, 0) is 4.79 Å². The van der Waals surface area contributed by atoms with Crippen LogP contribution in [0.5, 0.6) is 0 Å². The number of carbonyl (C=O) groups excluding carboxylic acids is 1. The van der Waals surface area contributed by atoms with Crippen molar-refractivity contribution in [3.05, 3.63) is 29.3 Å². The first kappa shape index (κ1) is 10.6. The first-order valence-electron chi connectivity index (χ1n) is 4.51. The van der Waals surface area contributed by atoms with Crippen molar-refractivity contribution in [2.45, 2.75) is 6.92 Å². The summed E-state index contributed by atoms with van der Waals surface area (Å²) in [5.41, 5.74) is 0.850. The average molecular weight is 238 g/mol. The lowest BCUT2D eigenvalue weighted by Gasteiger charge is -2.10. The van der Waals surface area contributed by atoms with Crippen LogP contribution >= 0.6 is 11.6 Å². The summed E-state index contributed by atoms with van der Waals surface area (Å²) in [4.78, 5) is 11.7. The van der Waals surface area contributed by atoms with E-state index in [4.69, 9.17) is 16.8 Å². The summed E-state index contributed by atoms with van der Waals surface area (Å²) in [6.45, 7) is 1.59. The molecule has 0 radical (unpaired) electrons. The molecule has 1 aromatic rings. The van der Waals surface area contributed by atoms with Gasteiger partial charge in [0.05, 0.1) is 11.4 Å². The fourth-order valence-electron chi connectivity index (χ4n) is 1.40. The predicted octanol–water partition coefficient (Wildman–Crippen LogP) is 1.89. The Labute approximate surface area is 96.6 Å². The van der Waals surface area contributed by atoms with Gasteiger partial charge < -0.3 is 5.21 Å². The maximum Gasteiger partial charge on any atom is 0.302 e. The zero-order valence-electron chi connectivity index (χ0n) is 8.38. The Morgan fingerprint density at radius 3 is 2.81 bits per heavy atom. The average Bonchev–Trinajstić information content (AvgIpc) is 2.54. The molecule has 0 saturated heterocycles. The summed E-state index contributed by atoms with van der Waals surface area (Å²) in [6, 6.07) is 6.71. The molecule has 0 aromatic heterocycles. The van der Waals surface area contributed by atoms with Crippen LogP contribution in [0.3, 0.4) is 0 Å². The molecule has 1 heterocycles. The number of hydrogen-bond acceptors (Lipinski definition) is 4. The number of anilines is 1. The smallest absolute Gasteiger partial charge is 0.302 e. The van der Waals surface area contributed by atoms with Crippen LogP contribution in [0.15, 0.2) is 34.5 Å². The third-order valence-corrected chi connectivity index (χ3v) is 2.38. The van der Waals surface area contributed by atoms with Crippen LogP contribution in [0.25, 0.3) is 0 Å². The molecule has 0 unspecified atom stereocenters. The molecule has 0 aliphatic carbocycles. The van der Waals surface area contributed by atoms with Gasteiger partial charge in [0, 0.05) is 5.02 Å². The normalized spacial score (nSPS) is 18.1. The molecule has 1 N–H and O–H groups in total. The molecular weight excluding hydrogens is 230 g/mol. The summed E-state index contributed by atoms with van der Waals surface area (Å²) >= 11 is 5.81. The lowest BCUT2D eigenvalue weighted by Crippen LogP contribution is -2.27. The molecule has 1 aliphatic rings. The van der Waals surface area contributed by atoms with Gasteiger partial charge in [-0.15, -0.1) is 0 Å². The second-order valence-corrected chi connectivity index (χ2v) is 3.67. The third-order valence-electron chi connectivity index (χ3n) is 2.14. The van der Waals surface area contributed by atoms with E-state index in [-0.39, 0.29) is 5.71 Å². The first-order chi connectivity index (χ1) is 7.63. The van der Waals surface area contributed by atoms with E-state index in [9.17, 15) is 4.79 Å². The fraction of sp³-hybridized carbons (Fsp3) is 0.100. The summed E-state index contributed by atoms with van der Waals surface area (Å²) in [5, 5.41) is 17.2. The topological polar surface area (TPSA) is 65.3 Å². The number of carbonyl (C=O) groups is 1. The number of hydrogen-bond donors (Lipinski definition) is 1. The van der Waals surface area contributed by atoms with Crippen LogP contribution in [-0.4, -0.2) is 22.5 Å². The molecule has 0 atom stereocenters. The van der Waals surface area contributed by atoms with Gasteiger partial charge in [-0.25, -0.2) is 0 Å². The van der Waals surface area contributed by atoms with Crippen LogP contribution in [0.2, 0.25) is 5.02 Å². The molecule has 0 saturated carbocycles. The van der Waals surface area contributed by atoms with Crippen LogP contribution in [0.1, 0.15) is 6.92 Å². The van der Waals surface area contributed by atoms with Gasteiger partial charge in [0.1, 0.15) is 0 Å². The maximum atomic E-state index is 11.7. The molecule has 5 nitrogen and oxygen atoms in total. The largest absolute Gasteiger partial charge is 0.410 e. The van der Waals surface area contributed by atoms with Gasteiger partial charge in [-0.1, -0.05) is 22.8 Å². The highest BCUT2D eigenvalue weighted by atomic mass is 35.5. The lowest BCUT2D eigenvalue weighted by molar-refractivity contribution is -0.112. The number of benzene rings is 1. The van der Waals surface area contributed by atoms with E-state index in [0.29, 0.717) is 16.4 Å². The van der Waals surface area contributed by atoms with Crippen molar-refractivity contribution >= 4 is 34.6 Å². The van der Waals surface area contributed by atoms with Crippen molar-refractivity contribution in [3.63, 3.8) is 0 Å². The van der Waals surface area contributed by atoms with E-state index in [0.717, 1.165) is 5.01 Å². The second-order valence-electron chi connectivity index (χ2n) is 3.23. The van der Waals surface area contributed by atoms with Crippen molar-refractivity contribution in [1.29, 1.82) is 0 Å². The number of nitrogens with zero attached hydrogens (tertiary/aromatic N) is 3. The molecular formula is C10H8ClN3O2. The van der Waals surface area contributed by atoms with Gasteiger partial charge in [-0.3, -0.25) is 4.79 Å². The lowest BCUT2D eigenvalue weighted by atomic mass is 10.2. The van der Waals surface area contributed by atoms with Crippen molar-refractivity contribution in [2.24, 2.45) is 10.3 Å². The van der Waals surface area contributed by atoms with Crippen molar-refractivity contribution in [3.8, 4) is 0 Å². The Morgan fingerprint density at radius 2 is 2.25 bits per heavy atom. The highest BCUT2D eigenvalue weighted by Gasteiger charge is 2.30. The minimum absolute atomic E-state index is 0.0556. The Bertz CT molecular complexity index is 511. The molecule has 1 aromatic carbocycles. The maximum absolute atomic E-state index is 11.7. The van der Waals surface area contributed by atoms with E-state index >= 15 is 0 Å². The highest BCUT2D eigenvalue weighted by Crippen LogP contribution is 2.22. The van der Waals surface area contributed by atoms with E-state index in [2.05, 4.69) is 10.3 Å². The molecule has 82 valence electrons. The summed E-state index contributed by atoms with van der Waals surface area (Å²) in [6.07, 6.45) is 0. The molecule has 16 heavy (non-hydrogen) atoms. The molecule has 0 fully saturated rings. The number of rotatable bonds is 1. The van der Waals surface area contributed by atoms with Gasteiger partial charge >= 0.3 is 5.91 Å². The van der Waals surface area contributed by atoms with Crippen LogP contribution < -0.4 is 5.01 Å². The minimum atomic E-state index is -0.470. The quantitative estimate of drug-likeness (QED) is 0.599. The van der Waals surface area contributed by atoms with Crippen LogP contribution in [0, 0.1) is 0 Å². The summed E-state index contributed by atoms with van der Waals surface area (Å²) in [5.74, 6) is -0.470. The molecule has 0 bridgehead atoms. The van der Waals surface area contributed by atoms with E-state index < -0.39 is 5.91 Å². The Hall–Kier alpha value is -1.88. The number of hydrazone groups is 1. The van der Waals surface area contributed by atoms with Crippen molar-refractivity contribution < 1.29 is 10.0 Å².